The minimum absolute atomic E-state index is 0.0612. The van der Waals surface area contributed by atoms with Gasteiger partial charge in [-0.2, -0.15) is 23.3 Å². The summed E-state index contributed by atoms with van der Waals surface area (Å²) in [5.41, 5.74) is -1.25. The number of anilines is 1. The number of hydrogen-bond donors (Lipinski definition) is 0. The Morgan fingerprint density at radius 3 is 2.41 bits per heavy atom. The molecular weight excluding hydrogens is 346 g/mol. The molecule has 2 rings (SSSR count). The Bertz CT molecular complexity index is 702. The summed E-state index contributed by atoms with van der Waals surface area (Å²) >= 11 is 11.6. The summed E-state index contributed by atoms with van der Waals surface area (Å²) in [7, 11) is 1.26. The number of hydrogen-bond acceptors (Lipinski definition) is 4. The highest BCUT2D eigenvalue weighted by atomic mass is 35.5. The lowest BCUT2D eigenvalue weighted by Gasteiger charge is -2.17. The number of carbonyl (C=O) groups is 1. The molecule has 10 heteroatoms. The van der Waals surface area contributed by atoms with Gasteiger partial charge in [0.1, 0.15) is 18.4 Å². The van der Waals surface area contributed by atoms with Gasteiger partial charge in [0.2, 0.25) is 0 Å². The Morgan fingerprint density at radius 2 is 1.91 bits per heavy atom. The summed E-state index contributed by atoms with van der Waals surface area (Å²) < 4.78 is 38.0. The van der Waals surface area contributed by atoms with Gasteiger partial charge in [-0.1, -0.05) is 23.2 Å². The maximum Gasteiger partial charge on any atom is 0.416 e. The van der Waals surface area contributed by atoms with E-state index in [1.165, 1.54) is 7.11 Å². The quantitative estimate of drug-likeness (QED) is 0.465. The molecule has 0 saturated heterocycles. The standard InChI is InChI=1S/C12H6Cl2F3N3O2/c1-22-19-5-6-4-18-20(11(6)21)10-8(13)2-7(3-9(10)14)12(15,16)17/h2-4H,1H3. The van der Waals surface area contributed by atoms with Crippen molar-refractivity contribution in [1.82, 2.24) is 0 Å². The van der Waals surface area contributed by atoms with Crippen LogP contribution in [-0.2, 0) is 15.8 Å². The SMILES string of the molecule is CON=C=C1C=NN(c2c(Cl)cc(C(F)(F)F)cc2Cl)C1=O. The largest absolute Gasteiger partial charge is 0.416 e. The zero-order valence-electron chi connectivity index (χ0n) is 10.8. The van der Waals surface area contributed by atoms with Gasteiger partial charge in [-0.15, -0.1) is 0 Å². The molecule has 0 unspecified atom stereocenters. The van der Waals surface area contributed by atoms with Crippen LogP contribution in [0.3, 0.4) is 0 Å². The number of halogens is 5. The molecule has 1 amide bonds. The molecule has 1 aromatic carbocycles. The van der Waals surface area contributed by atoms with Crippen LogP contribution in [0.15, 0.2) is 28.0 Å². The first-order valence-electron chi connectivity index (χ1n) is 5.56. The Morgan fingerprint density at radius 1 is 1.32 bits per heavy atom. The maximum atomic E-state index is 12.7. The number of hydrazone groups is 1. The van der Waals surface area contributed by atoms with Gasteiger partial charge in [0.15, 0.2) is 0 Å². The summed E-state index contributed by atoms with van der Waals surface area (Å²) in [5, 5.41) is 7.04. The third-order valence-electron chi connectivity index (χ3n) is 2.54. The third-order valence-corrected chi connectivity index (χ3v) is 3.11. The zero-order chi connectivity index (χ0) is 16.5. The van der Waals surface area contributed by atoms with Gasteiger partial charge < -0.3 is 4.84 Å². The van der Waals surface area contributed by atoms with E-state index in [-0.39, 0.29) is 21.3 Å². The number of benzene rings is 1. The molecule has 0 N–H and O–H groups in total. The molecule has 0 bridgehead atoms. The number of rotatable bonds is 2. The first kappa shape index (κ1) is 16.4. The summed E-state index contributed by atoms with van der Waals surface area (Å²) in [6, 6.07) is 1.33. The van der Waals surface area contributed by atoms with Crippen LogP contribution < -0.4 is 5.01 Å². The highest BCUT2D eigenvalue weighted by Crippen LogP contribution is 2.41. The van der Waals surface area contributed by atoms with E-state index >= 15 is 0 Å². The van der Waals surface area contributed by atoms with E-state index < -0.39 is 17.6 Å². The van der Waals surface area contributed by atoms with Crippen LogP contribution in [0.25, 0.3) is 0 Å². The predicted octanol–water partition coefficient (Wildman–Crippen LogP) is 3.50. The van der Waals surface area contributed by atoms with Crippen LogP contribution in [0.5, 0.6) is 0 Å². The van der Waals surface area contributed by atoms with Crippen LogP contribution in [0.1, 0.15) is 5.56 Å². The maximum absolute atomic E-state index is 12.7. The fourth-order valence-electron chi connectivity index (χ4n) is 1.60. The van der Waals surface area contributed by atoms with Gasteiger partial charge in [0.25, 0.3) is 5.91 Å². The molecule has 1 heterocycles. The van der Waals surface area contributed by atoms with Gasteiger partial charge in [-0.3, -0.25) is 4.79 Å². The van der Waals surface area contributed by atoms with Gasteiger partial charge in [0, 0.05) is 5.87 Å². The summed E-state index contributed by atoms with van der Waals surface area (Å²) in [5.74, 6) is 1.56. The van der Waals surface area contributed by atoms with Crippen LogP contribution in [-0.4, -0.2) is 25.1 Å². The molecular formula is C12H6Cl2F3N3O2. The van der Waals surface area contributed by atoms with Crippen molar-refractivity contribution in [3.63, 3.8) is 0 Å². The number of carbonyl (C=O) groups excluding carboxylic acids is 1. The van der Waals surface area contributed by atoms with Crippen LogP contribution >= 0.6 is 23.2 Å². The average molecular weight is 352 g/mol. The minimum atomic E-state index is -4.61. The molecule has 0 atom stereocenters. The lowest BCUT2D eigenvalue weighted by molar-refractivity contribution is -0.137. The van der Waals surface area contributed by atoms with Gasteiger partial charge in [-0.25, -0.2) is 0 Å². The molecule has 0 radical (unpaired) electrons. The monoisotopic (exact) mass is 351 g/mol. The Hall–Kier alpha value is -2.02. The highest BCUT2D eigenvalue weighted by molar-refractivity contribution is 6.41. The molecule has 5 nitrogen and oxygen atoms in total. The normalized spacial score (nSPS) is 14.4. The van der Waals surface area contributed by atoms with Gasteiger partial charge in [0.05, 0.1) is 21.8 Å². The van der Waals surface area contributed by atoms with Gasteiger partial charge in [-0.05, 0) is 17.3 Å². The van der Waals surface area contributed by atoms with Crippen molar-refractivity contribution in [3.8, 4) is 0 Å². The molecule has 0 saturated carbocycles. The Kier molecular flexibility index (Phi) is 4.46. The first-order chi connectivity index (χ1) is 10.3. The molecule has 0 aliphatic carbocycles. The van der Waals surface area contributed by atoms with Gasteiger partial charge >= 0.3 is 6.18 Å². The van der Waals surface area contributed by atoms with E-state index in [0.717, 1.165) is 11.2 Å². The second kappa shape index (κ2) is 6.00. The fourth-order valence-corrected chi connectivity index (χ4v) is 2.25. The lowest BCUT2D eigenvalue weighted by atomic mass is 10.2. The van der Waals surface area contributed by atoms with E-state index in [4.69, 9.17) is 23.2 Å². The smallest absolute Gasteiger partial charge is 0.392 e. The zero-order valence-corrected chi connectivity index (χ0v) is 12.3. The molecule has 1 aromatic rings. The molecule has 1 aliphatic heterocycles. The average Bonchev–Trinajstić information content (AvgIpc) is 2.76. The van der Waals surface area contributed by atoms with Crippen molar-refractivity contribution >= 4 is 46.9 Å². The van der Waals surface area contributed by atoms with Crippen LogP contribution in [0.4, 0.5) is 18.9 Å². The van der Waals surface area contributed by atoms with Crippen molar-refractivity contribution < 1.29 is 22.8 Å². The van der Waals surface area contributed by atoms with Crippen molar-refractivity contribution in [3.05, 3.63) is 33.3 Å². The first-order valence-corrected chi connectivity index (χ1v) is 6.32. The van der Waals surface area contributed by atoms with Crippen molar-refractivity contribution in [2.24, 2.45) is 10.3 Å². The Labute approximate surface area is 132 Å². The van der Waals surface area contributed by atoms with E-state index in [1.807, 2.05) is 0 Å². The molecule has 1 aliphatic rings. The highest BCUT2D eigenvalue weighted by Gasteiger charge is 2.34. The fraction of sp³-hybridized carbons (Fsp3) is 0.167. The van der Waals surface area contributed by atoms with Crippen LogP contribution in [0, 0.1) is 0 Å². The van der Waals surface area contributed by atoms with E-state index in [2.05, 4.69) is 21.0 Å². The third kappa shape index (κ3) is 3.09. The number of alkyl halides is 3. The second-order valence-corrected chi connectivity index (χ2v) is 4.76. The molecule has 22 heavy (non-hydrogen) atoms. The van der Waals surface area contributed by atoms with E-state index in [1.54, 1.807) is 0 Å². The Balaban J connectivity index is 2.46. The molecule has 116 valence electrons. The van der Waals surface area contributed by atoms with Crippen molar-refractivity contribution in [2.45, 2.75) is 6.18 Å². The number of nitrogens with zero attached hydrogens (tertiary/aromatic N) is 3. The minimum Gasteiger partial charge on any atom is -0.392 e. The molecule has 0 aromatic heterocycles. The van der Waals surface area contributed by atoms with Crippen molar-refractivity contribution in [1.29, 1.82) is 0 Å². The second-order valence-electron chi connectivity index (χ2n) is 3.95. The predicted molar refractivity (Wildman–Crippen MR) is 75.4 cm³/mol. The molecule has 0 spiro atoms. The summed E-state index contributed by atoms with van der Waals surface area (Å²) in [4.78, 5) is 16.4. The number of amides is 1. The van der Waals surface area contributed by atoms with Crippen LogP contribution in [0.2, 0.25) is 10.0 Å². The summed E-state index contributed by atoms with van der Waals surface area (Å²) in [6.45, 7) is 0. The topological polar surface area (TPSA) is 54.3 Å². The van der Waals surface area contributed by atoms with E-state index in [9.17, 15) is 18.0 Å². The van der Waals surface area contributed by atoms with Crippen molar-refractivity contribution in [2.75, 3.05) is 12.1 Å². The lowest BCUT2D eigenvalue weighted by Crippen LogP contribution is -2.22. The molecule has 0 fully saturated rings. The van der Waals surface area contributed by atoms with E-state index in [0.29, 0.717) is 12.1 Å². The summed E-state index contributed by atoms with van der Waals surface area (Å²) in [6.07, 6.45) is -3.50.